The van der Waals surface area contributed by atoms with Gasteiger partial charge in [-0.05, 0) is 70.8 Å². The van der Waals surface area contributed by atoms with E-state index in [9.17, 15) is 9.90 Å². The van der Waals surface area contributed by atoms with Crippen molar-refractivity contribution in [3.63, 3.8) is 0 Å². The highest BCUT2D eigenvalue weighted by Crippen LogP contribution is 2.47. The van der Waals surface area contributed by atoms with Gasteiger partial charge in [-0.2, -0.15) is 0 Å². The lowest BCUT2D eigenvalue weighted by molar-refractivity contribution is 0.0137. The van der Waals surface area contributed by atoms with Crippen LogP contribution in [0, 0.1) is 6.57 Å². The van der Waals surface area contributed by atoms with Gasteiger partial charge in [-0.15, -0.1) is 11.3 Å². The van der Waals surface area contributed by atoms with Crippen molar-refractivity contribution in [2.24, 2.45) is 0 Å². The Bertz CT molecular complexity index is 1050. The Labute approximate surface area is 198 Å². The summed E-state index contributed by atoms with van der Waals surface area (Å²) < 4.78 is 11.9. The van der Waals surface area contributed by atoms with Crippen molar-refractivity contribution < 1.29 is 19.4 Å². The van der Waals surface area contributed by atoms with Gasteiger partial charge in [0.1, 0.15) is 22.9 Å². The molecule has 2 atom stereocenters. The maximum absolute atomic E-state index is 12.4. The van der Waals surface area contributed by atoms with Gasteiger partial charge in [-0.3, -0.25) is 4.85 Å². The van der Waals surface area contributed by atoms with E-state index < -0.39 is 11.8 Å². The van der Waals surface area contributed by atoms with E-state index in [4.69, 9.17) is 16.0 Å². The van der Waals surface area contributed by atoms with E-state index in [1.165, 1.54) is 4.88 Å². The van der Waals surface area contributed by atoms with Crippen LogP contribution in [0.1, 0.15) is 75.7 Å². The molecule has 2 aromatic heterocycles. The van der Waals surface area contributed by atoms with Gasteiger partial charge < -0.3 is 19.5 Å². The summed E-state index contributed by atoms with van der Waals surface area (Å²) in [7, 11) is 1.81. The highest BCUT2D eigenvalue weighted by molar-refractivity contribution is 7.19. The number of ether oxygens (including phenoxy) is 2. The molecule has 1 unspecified atom stereocenters. The molecule has 0 saturated heterocycles. The van der Waals surface area contributed by atoms with Gasteiger partial charge >= 0.3 is 12.3 Å². The molecule has 0 spiro atoms. The minimum atomic E-state index is -0.984. The third-order valence-electron chi connectivity index (χ3n) is 6.49. The normalized spacial score (nSPS) is 23.6. The molecule has 0 aromatic carbocycles. The largest absolute Gasteiger partial charge is 0.474 e. The fourth-order valence-electron chi connectivity index (χ4n) is 4.86. The van der Waals surface area contributed by atoms with Crippen LogP contribution in [-0.2, 0) is 11.2 Å². The van der Waals surface area contributed by atoms with E-state index >= 15 is 0 Å². The number of aliphatic hydroxyl groups excluding tert-OH is 1. The van der Waals surface area contributed by atoms with Gasteiger partial charge in [-0.25, -0.2) is 21.3 Å². The fraction of sp³-hybridized carbons (Fsp3) is 0.667. The van der Waals surface area contributed by atoms with Gasteiger partial charge in [-0.1, -0.05) is 0 Å². The third kappa shape index (κ3) is 5.22. The van der Waals surface area contributed by atoms with E-state index in [1.54, 1.807) is 29.6 Å². The molecule has 0 radical (unpaired) electrons. The Kier molecular flexibility index (Phi) is 6.78. The topological polar surface area (TPSA) is 89.1 Å². The van der Waals surface area contributed by atoms with Crippen LogP contribution in [0.15, 0.2) is 6.33 Å². The van der Waals surface area contributed by atoms with Crippen molar-refractivity contribution in [1.29, 1.82) is 0 Å². The number of rotatable bonds is 5. The van der Waals surface area contributed by atoms with Gasteiger partial charge in [0, 0.05) is 18.0 Å². The molecule has 2 aromatic rings. The summed E-state index contributed by atoms with van der Waals surface area (Å²) in [5, 5.41) is 10.9. The van der Waals surface area contributed by atoms with Crippen LogP contribution in [0.3, 0.4) is 0 Å². The number of aromatic nitrogens is 2. The van der Waals surface area contributed by atoms with Crippen molar-refractivity contribution in [3.8, 4) is 5.88 Å². The molecule has 2 aliphatic rings. The molecule has 1 saturated carbocycles. The first-order valence-electron chi connectivity index (χ1n) is 11.6. The van der Waals surface area contributed by atoms with E-state index in [-0.39, 0.29) is 24.2 Å². The van der Waals surface area contributed by atoms with Crippen LogP contribution in [0.4, 0.5) is 4.79 Å². The van der Waals surface area contributed by atoms with Crippen molar-refractivity contribution in [2.75, 3.05) is 7.05 Å². The predicted molar refractivity (Wildman–Crippen MR) is 126 cm³/mol. The maximum atomic E-state index is 12.4. The average Bonchev–Trinajstić information content (AvgIpc) is 3.32. The van der Waals surface area contributed by atoms with Gasteiger partial charge in [0.25, 0.3) is 0 Å². The number of aliphatic hydroxyl groups is 1. The quantitative estimate of drug-likeness (QED) is 0.622. The van der Waals surface area contributed by atoms with Crippen LogP contribution >= 0.6 is 11.3 Å². The second-order valence-corrected chi connectivity index (χ2v) is 11.1. The van der Waals surface area contributed by atoms with Crippen LogP contribution < -0.4 is 4.74 Å². The Morgan fingerprint density at radius 2 is 2.03 bits per heavy atom. The smallest absolute Gasteiger partial charge is 0.410 e. The number of hydrogen-bond acceptors (Lipinski definition) is 7. The summed E-state index contributed by atoms with van der Waals surface area (Å²) in [6, 6.07) is 0.134. The first kappa shape index (κ1) is 23.7. The predicted octanol–water partition coefficient (Wildman–Crippen LogP) is 4.91. The molecule has 33 heavy (non-hydrogen) atoms. The van der Waals surface area contributed by atoms with Crippen LogP contribution in [0.25, 0.3) is 15.1 Å². The summed E-state index contributed by atoms with van der Waals surface area (Å²) in [5.41, 5.74) is 0.652. The lowest BCUT2D eigenvalue weighted by atomic mass is 9.92. The summed E-state index contributed by atoms with van der Waals surface area (Å²) in [5.74, 6) is 0.732. The average molecular weight is 473 g/mol. The number of aryl methyl sites for hydroxylation is 1. The van der Waals surface area contributed by atoms with E-state index in [0.29, 0.717) is 12.3 Å². The minimum absolute atomic E-state index is 0.0237. The Morgan fingerprint density at radius 3 is 2.70 bits per heavy atom. The molecule has 0 aliphatic heterocycles. The van der Waals surface area contributed by atoms with Gasteiger partial charge in [0.2, 0.25) is 5.88 Å². The zero-order chi connectivity index (χ0) is 23.8. The Morgan fingerprint density at radius 1 is 1.30 bits per heavy atom. The van der Waals surface area contributed by atoms with Crippen molar-refractivity contribution in [1.82, 2.24) is 14.9 Å². The zero-order valence-electron chi connectivity index (χ0n) is 19.7. The van der Waals surface area contributed by atoms with E-state index in [1.807, 2.05) is 20.8 Å². The van der Waals surface area contributed by atoms with E-state index in [2.05, 4.69) is 14.8 Å². The highest BCUT2D eigenvalue weighted by atomic mass is 32.1. The third-order valence-corrected chi connectivity index (χ3v) is 7.66. The molecular weight excluding hydrogens is 440 g/mol. The monoisotopic (exact) mass is 472 g/mol. The first-order valence-corrected chi connectivity index (χ1v) is 12.4. The summed E-state index contributed by atoms with van der Waals surface area (Å²) >= 11 is 1.66. The number of fused-ring (bicyclic) bond motifs is 3. The molecule has 8 nitrogen and oxygen atoms in total. The van der Waals surface area contributed by atoms with Gasteiger partial charge in [0.05, 0.1) is 11.8 Å². The molecule has 2 heterocycles. The first-order chi connectivity index (χ1) is 15.7. The molecule has 9 heteroatoms. The maximum Gasteiger partial charge on any atom is 0.410 e. The molecule has 1 N–H and O–H groups in total. The van der Waals surface area contributed by atoms with Crippen molar-refractivity contribution in [2.45, 2.75) is 95.6 Å². The second-order valence-electron chi connectivity index (χ2n) is 10.0. The molecule has 4 rings (SSSR count). The Balaban J connectivity index is 1.45. The number of hydrogen-bond donors (Lipinski definition) is 1. The van der Waals surface area contributed by atoms with Crippen molar-refractivity contribution >= 4 is 27.6 Å². The van der Waals surface area contributed by atoms with Crippen LogP contribution in [0.5, 0.6) is 5.88 Å². The molecular formula is C24H32N4O4S. The Hall–Kier alpha value is -2.44. The zero-order valence-corrected chi connectivity index (χ0v) is 20.5. The fourth-order valence-corrected chi connectivity index (χ4v) is 6.10. The van der Waals surface area contributed by atoms with Crippen LogP contribution in [0.2, 0.25) is 0 Å². The van der Waals surface area contributed by atoms with Crippen molar-refractivity contribution in [3.05, 3.63) is 28.2 Å². The second kappa shape index (κ2) is 9.43. The number of carbonyl (C=O) groups is 1. The number of carbonyl (C=O) groups excluding carboxylic acids is 1. The summed E-state index contributed by atoms with van der Waals surface area (Å²) in [4.78, 5) is 28.5. The highest BCUT2D eigenvalue weighted by Gasteiger charge is 2.34. The lowest BCUT2D eigenvalue weighted by Crippen LogP contribution is -2.43. The number of nitrogens with zero attached hydrogens (tertiary/aromatic N) is 4. The number of thiophene rings is 1. The molecule has 0 bridgehead atoms. The molecule has 1 fully saturated rings. The number of amides is 1. The molecule has 1 amide bonds. The van der Waals surface area contributed by atoms with Gasteiger partial charge in [0.15, 0.2) is 0 Å². The lowest BCUT2D eigenvalue weighted by Gasteiger charge is -2.35. The van der Waals surface area contributed by atoms with Crippen LogP contribution in [-0.4, -0.2) is 57.1 Å². The summed E-state index contributed by atoms with van der Waals surface area (Å²) in [6.07, 6.45) is 5.95. The minimum Gasteiger partial charge on any atom is -0.474 e. The molecule has 178 valence electrons. The SMILES string of the molecule is [C-]#[N+]C(O)C[C@H]1CCc2sc3ncnc(OC4CCC(N(C)C(=O)OC(C)(C)C)CC4)c3c21. The van der Waals surface area contributed by atoms with E-state index in [0.717, 1.165) is 54.3 Å². The standard InChI is InChI=1S/C24H32N4O4S/c1-24(2,3)32-23(30)28(5)15-7-9-16(10-8-15)31-21-20-19-14(12-18(29)25-4)6-11-17(19)33-22(20)27-13-26-21/h13-16,18,29H,6-12H2,1-3,5H3/t14-,15?,16?,18?/m1/s1. The molecule has 2 aliphatic carbocycles. The summed E-state index contributed by atoms with van der Waals surface area (Å²) in [6.45, 7) is 12.7.